The van der Waals surface area contributed by atoms with Crippen molar-refractivity contribution < 1.29 is 0 Å². The van der Waals surface area contributed by atoms with Crippen molar-refractivity contribution in [1.82, 2.24) is 5.32 Å². The zero-order valence-corrected chi connectivity index (χ0v) is 5.86. The van der Waals surface area contributed by atoms with Gasteiger partial charge in [0.2, 0.25) is 0 Å². The molecule has 0 spiro atoms. The first-order chi connectivity index (χ1) is 4.20. The van der Waals surface area contributed by atoms with Gasteiger partial charge in [0.1, 0.15) is 0 Å². The van der Waals surface area contributed by atoms with Gasteiger partial charge < -0.3 is 5.32 Å². The second-order valence-electron chi connectivity index (χ2n) is 2.29. The van der Waals surface area contributed by atoms with Gasteiger partial charge in [-0.1, -0.05) is 12.7 Å². The van der Waals surface area contributed by atoms with Crippen LogP contribution in [0, 0.1) is 0 Å². The van der Waals surface area contributed by atoms with Gasteiger partial charge in [0, 0.05) is 11.4 Å². The van der Waals surface area contributed by atoms with Crippen molar-refractivity contribution in [2.45, 2.75) is 13.8 Å². The summed E-state index contributed by atoms with van der Waals surface area (Å²) in [7, 11) is 0. The minimum atomic E-state index is 0.970. The summed E-state index contributed by atoms with van der Waals surface area (Å²) in [4.78, 5) is 0. The molecular weight excluding hydrogens is 110 g/mol. The molecule has 48 valence electrons. The van der Waals surface area contributed by atoms with Crippen LogP contribution in [0.1, 0.15) is 13.8 Å². The highest BCUT2D eigenvalue weighted by molar-refractivity contribution is 5.34. The van der Waals surface area contributed by atoms with Crippen LogP contribution in [0.15, 0.2) is 35.7 Å². The van der Waals surface area contributed by atoms with Gasteiger partial charge in [-0.25, -0.2) is 0 Å². The molecule has 0 saturated heterocycles. The molecule has 0 aromatic heterocycles. The van der Waals surface area contributed by atoms with Crippen molar-refractivity contribution in [2.75, 3.05) is 0 Å². The Balaban J connectivity index is 2.87. The Morgan fingerprint density at radius 3 is 2.44 bits per heavy atom. The standard InChI is InChI=1S/C8H11N/c1-6-4-5-7(2)9-8(6)3/h4-5,9H,2H2,1,3H3. The number of dihydropyridines is 1. The van der Waals surface area contributed by atoms with E-state index in [4.69, 9.17) is 0 Å². The average Bonchev–Trinajstić information content (AvgIpc) is 1.80. The van der Waals surface area contributed by atoms with Crippen molar-refractivity contribution in [3.8, 4) is 0 Å². The average molecular weight is 121 g/mol. The predicted octanol–water partition coefficient (Wildman–Crippen LogP) is 1.95. The van der Waals surface area contributed by atoms with Crippen LogP contribution in [0.4, 0.5) is 0 Å². The number of rotatable bonds is 0. The Labute approximate surface area is 55.8 Å². The summed E-state index contributed by atoms with van der Waals surface area (Å²) in [6.45, 7) is 7.89. The molecule has 1 N–H and O–H groups in total. The van der Waals surface area contributed by atoms with E-state index in [1.165, 1.54) is 11.3 Å². The maximum Gasteiger partial charge on any atom is 0.0308 e. The fourth-order valence-corrected chi connectivity index (χ4v) is 0.732. The van der Waals surface area contributed by atoms with E-state index in [-0.39, 0.29) is 0 Å². The summed E-state index contributed by atoms with van der Waals surface area (Å²) in [5.41, 5.74) is 3.45. The van der Waals surface area contributed by atoms with Crippen molar-refractivity contribution >= 4 is 0 Å². The Hall–Kier alpha value is -0.980. The first-order valence-corrected chi connectivity index (χ1v) is 3.01. The summed E-state index contributed by atoms with van der Waals surface area (Å²) in [5, 5.41) is 3.13. The third-order valence-corrected chi connectivity index (χ3v) is 1.47. The smallest absolute Gasteiger partial charge is 0.0308 e. The van der Waals surface area contributed by atoms with Gasteiger partial charge in [0.15, 0.2) is 0 Å². The molecular formula is C8H11N. The number of hydrogen-bond donors (Lipinski definition) is 1. The fraction of sp³-hybridized carbons (Fsp3) is 0.250. The van der Waals surface area contributed by atoms with Crippen molar-refractivity contribution in [3.05, 3.63) is 35.7 Å². The third kappa shape index (κ3) is 1.22. The topological polar surface area (TPSA) is 12.0 Å². The van der Waals surface area contributed by atoms with Gasteiger partial charge in [-0.3, -0.25) is 0 Å². The van der Waals surface area contributed by atoms with E-state index in [9.17, 15) is 0 Å². The minimum absolute atomic E-state index is 0.970. The summed E-state index contributed by atoms with van der Waals surface area (Å²) in [6.07, 6.45) is 4.04. The Morgan fingerprint density at radius 1 is 1.33 bits per heavy atom. The highest BCUT2D eigenvalue weighted by atomic mass is 14.9. The predicted molar refractivity (Wildman–Crippen MR) is 39.8 cm³/mol. The molecule has 0 aromatic rings. The van der Waals surface area contributed by atoms with Crippen LogP contribution in [0.25, 0.3) is 0 Å². The molecule has 1 rings (SSSR count). The SMILES string of the molecule is C=C1C=CC(C)=C(C)N1. The summed E-state index contributed by atoms with van der Waals surface area (Å²) in [5.74, 6) is 0. The molecule has 1 heteroatoms. The van der Waals surface area contributed by atoms with Gasteiger partial charge in [-0.05, 0) is 25.5 Å². The van der Waals surface area contributed by atoms with Gasteiger partial charge in [-0.15, -0.1) is 0 Å². The number of allylic oxidation sites excluding steroid dienone is 4. The van der Waals surface area contributed by atoms with E-state index >= 15 is 0 Å². The minimum Gasteiger partial charge on any atom is -0.359 e. The Bertz CT molecular complexity index is 197. The molecule has 0 aliphatic carbocycles. The van der Waals surface area contributed by atoms with E-state index in [0.717, 1.165) is 5.70 Å². The lowest BCUT2D eigenvalue weighted by molar-refractivity contribution is 0.968. The number of nitrogens with one attached hydrogen (secondary N) is 1. The molecule has 0 unspecified atom stereocenters. The van der Waals surface area contributed by atoms with E-state index in [1.807, 2.05) is 13.0 Å². The summed E-state index contributed by atoms with van der Waals surface area (Å²) in [6, 6.07) is 0. The molecule has 0 aromatic carbocycles. The van der Waals surface area contributed by atoms with E-state index in [1.54, 1.807) is 0 Å². The highest BCUT2D eigenvalue weighted by Gasteiger charge is 1.98. The van der Waals surface area contributed by atoms with Crippen LogP contribution >= 0.6 is 0 Å². The summed E-state index contributed by atoms with van der Waals surface area (Å²) < 4.78 is 0. The lowest BCUT2D eigenvalue weighted by Crippen LogP contribution is -2.12. The van der Waals surface area contributed by atoms with Crippen molar-refractivity contribution in [3.63, 3.8) is 0 Å². The van der Waals surface area contributed by atoms with E-state index < -0.39 is 0 Å². The molecule has 0 fully saturated rings. The van der Waals surface area contributed by atoms with Crippen LogP contribution in [0.2, 0.25) is 0 Å². The second kappa shape index (κ2) is 2.09. The van der Waals surface area contributed by atoms with Crippen molar-refractivity contribution in [1.29, 1.82) is 0 Å². The molecule has 1 aliphatic rings. The molecule has 0 saturated carbocycles. The third-order valence-electron chi connectivity index (χ3n) is 1.47. The van der Waals surface area contributed by atoms with Gasteiger partial charge in [0.05, 0.1) is 0 Å². The Kier molecular flexibility index (Phi) is 1.43. The first-order valence-electron chi connectivity index (χ1n) is 3.01. The molecule has 0 amide bonds. The fourth-order valence-electron chi connectivity index (χ4n) is 0.732. The zero-order chi connectivity index (χ0) is 6.85. The number of hydrogen-bond acceptors (Lipinski definition) is 1. The normalized spacial score (nSPS) is 18.2. The van der Waals surface area contributed by atoms with Crippen molar-refractivity contribution in [2.24, 2.45) is 0 Å². The maximum absolute atomic E-state index is 3.77. The van der Waals surface area contributed by atoms with E-state index in [0.29, 0.717) is 0 Å². The first kappa shape index (κ1) is 6.14. The van der Waals surface area contributed by atoms with Crippen LogP contribution < -0.4 is 5.32 Å². The lowest BCUT2D eigenvalue weighted by Gasteiger charge is -2.12. The monoisotopic (exact) mass is 121 g/mol. The molecule has 0 bridgehead atoms. The molecule has 9 heavy (non-hydrogen) atoms. The molecule has 1 nitrogen and oxygen atoms in total. The molecule has 0 atom stereocenters. The second-order valence-corrected chi connectivity index (χ2v) is 2.29. The molecule has 1 aliphatic heterocycles. The highest BCUT2D eigenvalue weighted by Crippen LogP contribution is 2.09. The maximum atomic E-state index is 3.77. The largest absolute Gasteiger partial charge is 0.359 e. The van der Waals surface area contributed by atoms with Crippen LogP contribution in [-0.4, -0.2) is 0 Å². The summed E-state index contributed by atoms with van der Waals surface area (Å²) >= 11 is 0. The van der Waals surface area contributed by atoms with Crippen LogP contribution in [0.5, 0.6) is 0 Å². The van der Waals surface area contributed by atoms with Gasteiger partial charge in [-0.2, -0.15) is 0 Å². The molecule has 0 radical (unpaired) electrons. The Morgan fingerprint density at radius 2 is 2.00 bits per heavy atom. The zero-order valence-electron chi connectivity index (χ0n) is 5.86. The van der Waals surface area contributed by atoms with Gasteiger partial charge in [0.25, 0.3) is 0 Å². The molecule has 1 heterocycles. The van der Waals surface area contributed by atoms with Gasteiger partial charge >= 0.3 is 0 Å². The van der Waals surface area contributed by atoms with E-state index in [2.05, 4.69) is 24.9 Å². The van der Waals surface area contributed by atoms with Crippen LogP contribution in [-0.2, 0) is 0 Å². The lowest BCUT2D eigenvalue weighted by atomic mass is 10.1. The quantitative estimate of drug-likeness (QED) is 0.516. The van der Waals surface area contributed by atoms with Crippen LogP contribution in [0.3, 0.4) is 0 Å².